The fourth-order valence-electron chi connectivity index (χ4n) is 3.24. The Balaban J connectivity index is 1.44. The minimum absolute atomic E-state index is 0.0585. The van der Waals surface area contributed by atoms with Crippen molar-refractivity contribution in [1.82, 2.24) is 25.1 Å². The molecule has 8 heteroatoms. The maximum absolute atomic E-state index is 12.4. The molecule has 0 saturated carbocycles. The van der Waals surface area contributed by atoms with Crippen molar-refractivity contribution >= 4 is 23.6 Å². The van der Waals surface area contributed by atoms with E-state index >= 15 is 0 Å². The van der Waals surface area contributed by atoms with Crippen LogP contribution in [-0.2, 0) is 23.1 Å². The zero-order valence-electron chi connectivity index (χ0n) is 16.1. The molecule has 2 N–H and O–H groups in total. The maximum Gasteiger partial charge on any atom is 0.237 e. The number of thioether (sulfide) groups is 1. The lowest BCUT2D eigenvalue weighted by atomic mass is 10.1. The molecule has 150 valence electrons. The van der Waals surface area contributed by atoms with Crippen LogP contribution in [0.1, 0.15) is 12.0 Å². The number of carbonyl (C=O) groups is 2. The second kappa shape index (κ2) is 10.3. The molecule has 0 aliphatic carbocycles. The Hall–Kier alpha value is -2.32. The minimum atomic E-state index is -0.403. The molecule has 2 aromatic rings. The number of benzene rings is 1. The number of piperazine rings is 1. The number of nitrogens with one attached hydrogen (secondary N) is 2. The average molecular weight is 402 g/mol. The lowest BCUT2D eigenvalue weighted by molar-refractivity contribution is -0.133. The van der Waals surface area contributed by atoms with Crippen LogP contribution in [0, 0.1) is 0 Å². The highest BCUT2D eigenvalue weighted by Gasteiger charge is 2.31. The van der Waals surface area contributed by atoms with Crippen LogP contribution in [0.15, 0.2) is 47.9 Å². The fourth-order valence-corrected chi connectivity index (χ4v) is 4.03. The summed E-state index contributed by atoms with van der Waals surface area (Å²) in [7, 11) is 1.94. The lowest BCUT2D eigenvalue weighted by Crippen LogP contribution is -2.57. The van der Waals surface area contributed by atoms with E-state index in [1.165, 1.54) is 5.56 Å². The van der Waals surface area contributed by atoms with Gasteiger partial charge in [0.25, 0.3) is 0 Å². The van der Waals surface area contributed by atoms with Crippen LogP contribution in [0.25, 0.3) is 0 Å². The van der Waals surface area contributed by atoms with Crippen molar-refractivity contribution in [3.8, 4) is 0 Å². The molecule has 3 rings (SSSR count). The second-order valence-corrected chi connectivity index (χ2v) is 7.86. The Bertz CT molecular complexity index is 780. The third-order valence-electron chi connectivity index (χ3n) is 4.78. The Labute approximate surface area is 169 Å². The molecule has 1 saturated heterocycles. The molecule has 1 atom stereocenters. The number of hydrogen-bond donors (Lipinski definition) is 2. The van der Waals surface area contributed by atoms with Crippen LogP contribution >= 0.6 is 11.8 Å². The van der Waals surface area contributed by atoms with Gasteiger partial charge in [0, 0.05) is 51.4 Å². The number of aryl methyl sites for hydroxylation is 1. The Morgan fingerprint density at radius 3 is 2.93 bits per heavy atom. The highest BCUT2D eigenvalue weighted by molar-refractivity contribution is 7.99. The predicted molar refractivity (Wildman–Crippen MR) is 110 cm³/mol. The van der Waals surface area contributed by atoms with Gasteiger partial charge in [-0.15, -0.1) is 0 Å². The first-order valence-corrected chi connectivity index (χ1v) is 10.5. The third kappa shape index (κ3) is 5.84. The van der Waals surface area contributed by atoms with E-state index in [1.54, 1.807) is 18.0 Å². The molecular formula is C20H27N5O2S. The van der Waals surface area contributed by atoms with Crippen LogP contribution in [0.3, 0.4) is 0 Å². The van der Waals surface area contributed by atoms with Gasteiger partial charge in [-0.2, -0.15) is 0 Å². The summed E-state index contributed by atoms with van der Waals surface area (Å²) in [4.78, 5) is 31.0. The zero-order valence-corrected chi connectivity index (χ0v) is 17.0. The smallest absolute Gasteiger partial charge is 0.237 e. The number of imidazole rings is 1. The maximum atomic E-state index is 12.4. The summed E-state index contributed by atoms with van der Waals surface area (Å²) < 4.78 is 1.95. The van der Waals surface area contributed by atoms with E-state index in [1.807, 2.05) is 36.0 Å². The Morgan fingerprint density at radius 2 is 2.18 bits per heavy atom. The van der Waals surface area contributed by atoms with Gasteiger partial charge in [0.15, 0.2) is 5.16 Å². The molecular weight excluding hydrogens is 374 g/mol. The number of hydrogen-bond acceptors (Lipinski definition) is 5. The summed E-state index contributed by atoms with van der Waals surface area (Å²) in [5.74, 6) is 0.592. The molecule has 7 nitrogen and oxygen atoms in total. The first-order chi connectivity index (χ1) is 13.6. The first kappa shape index (κ1) is 20.4. The molecule has 2 amide bonds. The highest BCUT2D eigenvalue weighted by atomic mass is 32.2. The summed E-state index contributed by atoms with van der Waals surface area (Å²) in [6, 6.07) is 9.81. The highest BCUT2D eigenvalue weighted by Crippen LogP contribution is 2.14. The van der Waals surface area contributed by atoms with Crippen molar-refractivity contribution in [1.29, 1.82) is 0 Å². The van der Waals surface area contributed by atoms with Gasteiger partial charge in [-0.25, -0.2) is 4.98 Å². The number of rotatable bonds is 9. The minimum Gasteiger partial charge on any atom is -0.355 e. The largest absolute Gasteiger partial charge is 0.355 e. The summed E-state index contributed by atoms with van der Waals surface area (Å²) in [5, 5.41) is 6.73. The molecule has 1 aliphatic heterocycles. The molecule has 1 aliphatic rings. The van der Waals surface area contributed by atoms with Gasteiger partial charge in [0.05, 0.1) is 12.5 Å². The first-order valence-electron chi connectivity index (χ1n) is 9.56. The normalized spacial score (nSPS) is 17.3. The summed E-state index contributed by atoms with van der Waals surface area (Å²) in [6.07, 6.45) is 4.71. The molecule has 1 fully saturated rings. The van der Waals surface area contributed by atoms with Crippen molar-refractivity contribution in [3.05, 3.63) is 48.3 Å². The predicted octanol–water partition coefficient (Wildman–Crippen LogP) is 1.06. The van der Waals surface area contributed by atoms with E-state index in [4.69, 9.17) is 0 Å². The summed E-state index contributed by atoms with van der Waals surface area (Å²) in [6.45, 7) is 2.72. The third-order valence-corrected chi connectivity index (χ3v) is 5.84. The number of aromatic nitrogens is 2. The van der Waals surface area contributed by atoms with Gasteiger partial charge >= 0.3 is 0 Å². The monoisotopic (exact) mass is 401 g/mol. The van der Waals surface area contributed by atoms with E-state index in [0.717, 1.165) is 30.4 Å². The second-order valence-electron chi connectivity index (χ2n) is 6.80. The Morgan fingerprint density at radius 1 is 1.36 bits per heavy atom. The fraction of sp³-hybridized carbons (Fsp3) is 0.450. The van der Waals surface area contributed by atoms with Crippen LogP contribution in [-0.4, -0.2) is 64.2 Å². The van der Waals surface area contributed by atoms with Crippen molar-refractivity contribution in [2.24, 2.45) is 7.05 Å². The molecule has 0 radical (unpaired) electrons. The van der Waals surface area contributed by atoms with Crippen LogP contribution < -0.4 is 10.6 Å². The van der Waals surface area contributed by atoms with E-state index in [2.05, 4.69) is 32.7 Å². The van der Waals surface area contributed by atoms with E-state index in [-0.39, 0.29) is 18.2 Å². The van der Waals surface area contributed by atoms with Crippen LogP contribution in [0.4, 0.5) is 0 Å². The van der Waals surface area contributed by atoms with Gasteiger partial charge in [-0.05, 0) is 12.0 Å². The van der Waals surface area contributed by atoms with Crippen molar-refractivity contribution < 1.29 is 9.59 Å². The quantitative estimate of drug-likeness (QED) is 0.485. The molecule has 28 heavy (non-hydrogen) atoms. The topological polar surface area (TPSA) is 79.3 Å². The SMILES string of the molecule is Cn1ccnc1SCCNC(=O)CC1C(=O)NCCN1CCc1ccccc1. The van der Waals surface area contributed by atoms with Crippen molar-refractivity contribution in [3.63, 3.8) is 0 Å². The number of amides is 2. The molecule has 0 bridgehead atoms. The van der Waals surface area contributed by atoms with Gasteiger partial charge in [0.2, 0.25) is 11.8 Å². The molecule has 0 spiro atoms. The molecule has 1 unspecified atom stereocenters. The van der Waals surface area contributed by atoms with Crippen LogP contribution in [0.5, 0.6) is 0 Å². The van der Waals surface area contributed by atoms with Crippen molar-refractivity contribution in [2.75, 3.05) is 31.9 Å². The number of nitrogens with zero attached hydrogens (tertiary/aromatic N) is 3. The van der Waals surface area contributed by atoms with E-state index < -0.39 is 6.04 Å². The van der Waals surface area contributed by atoms with E-state index in [9.17, 15) is 9.59 Å². The lowest BCUT2D eigenvalue weighted by Gasteiger charge is -2.34. The number of carbonyl (C=O) groups excluding carboxylic acids is 2. The van der Waals surface area contributed by atoms with Gasteiger partial charge in [-0.1, -0.05) is 42.1 Å². The van der Waals surface area contributed by atoms with Gasteiger partial charge in [0.1, 0.15) is 0 Å². The van der Waals surface area contributed by atoms with Gasteiger partial charge in [-0.3, -0.25) is 14.5 Å². The van der Waals surface area contributed by atoms with Crippen LogP contribution in [0.2, 0.25) is 0 Å². The van der Waals surface area contributed by atoms with E-state index in [0.29, 0.717) is 13.1 Å². The summed E-state index contributed by atoms with van der Waals surface area (Å²) >= 11 is 1.60. The molecule has 1 aromatic carbocycles. The van der Waals surface area contributed by atoms with Crippen molar-refractivity contribution in [2.45, 2.75) is 24.0 Å². The zero-order chi connectivity index (χ0) is 19.8. The molecule has 1 aromatic heterocycles. The van der Waals surface area contributed by atoms with Gasteiger partial charge < -0.3 is 15.2 Å². The Kier molecular flexibility index (Phi) is 7.50. The summed E-state index contributed by atoms with van der Waals surface area (Å²) in [5.41, 5.74) is 1.24. The molecule has 2 heterocycles. The standard InChI is InChI=1S/C20H27N5O2S/c1-24-12-8-23-20(24)28-14-10-21-18(26)15-17-19(27)22-9-13-25(17)11-7-16-5-3-2-4-6-16/h2-6,8,12,17H,7,9-11,13-15H2,1H3,(H,21,26)(H,22,27). The average Bonchev–Trinajstić information content (AvgIpc) is 3.11.